The number of aryl methyl sites for hydroxylation is 3. The highest BCUT2D eigenvalue weighted by Crippen LogP contribution is 2.29. The van der Waals surface area contributed by atoms with E-state index >= 15 is 0 Å². The normalized spacial score (nSPS) is 12.3. The summed E-state index contributed by atoms with van der Waals surface area (Å²) in [4.78, 5) is 0. The molecule has 3 heteroatoms. The van der Waals surface area contributed by atoms with Crippen LogP contribution in [-0.4, -0.2) is 0 Å². The standard InChI is InChI=1S/C17H19BrFN/c1-10-7-12(3)15(8-11(10)2)13(4)20-17-6-5-14(19)9-16(17)18/h5-9,13,20H,1-4H3. The molecule has 0 fully saturated rings. The van der Waals surface area contributed by atoms with Crippen molar-refractivity contribution in [2.75, 3.05) is 5.32 Å². The lowest BCUT2D eigenvalue weighted by Crippen LogP contribution is -2.09. The van der Waals surface area contributed by atoms with Crippen LogP contribution in [0.1, 0.15) is 35.2 Å². The molecule has 20 heavy (non-hydrogen) atoms. The number of benzene rings is 2. The highest BCUT2D eigenvalue weighted by Gasteiger charge is 2.11. The van der Waals surface area contributed by atoms with Crippen LogP contribution in [0.5, 0.6) is 0 Å². The van der Waals surface area contributed by atoms with Gasteiger partial charge in [0, 0.05) is 16.2 Å². The van der Waals surface area contributed by atoms with E-state index < -0.39 is 0 Å². The van der Waals surface area contributed by atoms with Crippen molar-refractivity contribution in [3.05, 3.63) is 62.9 Å². The van der Waals surface area contributed by atoms with E-state index in [1.807, 2.05) is 0 Å². The Morgan fingerprint density at radius 1 is 1.00 bits per heavy atom. The van der Waals surface area contributed by atoms with Gasteiger partial charge in [0.2, 0.25) is 0 Å². The summed E-state index contributed by atoms with van der Waals surface area (Å²) in [6.45, 7) is 8.49. The Morgan fingerprint density at radius 2 is 1.65 bits per heavy atom. The first-order valence-corrected chi connectivity index (χ1v) is 7.47. The topological polar surface area (TPSA) is 12.0 Å². The van der Waals surface area contributed by atoms with Crippen LogP contribution in [0.4, 0.5) is 10.1 Å². The summed E-state index contributed by atoms with van der Waals surface area (Å²) in [7, 11) is 0. The average molecular weight is 336 g/mol. The molecule has 2 rings (SSSR count). The molecule has 0 aliphatic heterocycles. The van der Waals surface area contributed by atoms with E-state index in [4.69, 9.17) is 0 Å². The van der Waals surface area contributed by atoms with Crippen LogP contribution in [0.25, 0.3) is 0 Å². The Bertz CT molecular complexity index is 637. The summed E-state index contributed by atoms with van der Waals surface area (Å²) < 4.78 is 13.9. The van der Waals surface area contributed by atoms with Gasteiger partial charge in [-0.2, -0.15) is 0 Å². The highest BCUT2D eigenvalue weighted by molar-refractivity contribution is 9.10. The van der Waals surface area contributed by atoms with E-state index in [2.05, 4.69) is 61.1 Å². The lowest BCUT2D eigenvalue weighted by Gasteiger charge is -2.20. The average Bonchev–Trinajstić information content (AvgIpc) is 2.37. The van der Waals surface area contributed by atoms with Crippen LogP contribution >= 0.6 is 15.9 Å². The van der Waals surface area contributed by atoms with Crippen molar-refractivity contribution in [2.24, 2.45) is 0 Å². The quantitative estimate of drug-likeness (QED) is 0.760. The summed E-state index contributed by atoms with van der Waals surface area (Å²) in [6.07, 6.45) is 0. The molecule has 0 radical (unpaired) electrons. The zero-order valence-electron chi connectivity index (χ0n) is 12.2. The first-order chi connectivity index (χ1) is 9.38. The van der Waals surface area contributed by atoms with E-state index in [0.717, 1.165) is 10.2 Å². The molecule has 0 heterocycles. The monoisotopic (exact) mass is 335 g/mol. The molecule has 1 N–H and O–H groups in total. The van der Waals surface area contributed by atoms with Gasteiger partial charge in [-0.15, -0.1) is 0 Å². The number of anilines is 1. The maximum absolute atomic E-state index is 13.1. The Morgan fingerprint density at radius 3 is 2.30 bits per heavy atom. The minimum Gasteiger partial charge on any atom is -0.378 e. The van der Waals surface area contributed by atoms with Crippen molar-refractivity contribution < 1.29 is 4.39 Å². The third kappa shape index (κ3) is 3.21. The van der Waals surface area contributed by atoms with Crippen molar-refractivity contribution >= 4 is 21.6 Å². The van der Waals surface area contributed by atoms with Crippen LogP contribution in [0.2, 0.25) is 0 Å². The number of hydrogen-bond donors (Lipinski definition) is 1. The number of nitrogens with one attached hydrogen (secondary N) is 1. The second-order valence-corrected chi connectivity index (χ2v) is 6.14. The number of halogens is 2. The second-order valence-electron chi connectivity index (χ2n) is 5.28. The Labute approximate surface area is 128 Å². The zero-order valence-corrected chi connectivity index (χ0v) is 13.8. The van der Waals surface area contributed by atoms with Crippen LogP contribution in [0.3, 0.4) is 0 Å². The van der Waals surface area contributed by atoms with Gasteiger partial charge in [-0.1, -0.05) is 12.1 Å². The van der Waals surface area contributed by atoms with Crippen molar-refractivity contribution in [1.29, 1.82) is 0 Å². The van der Waals surface area contributed by atoms with E-state index in [1.54, 1.807) is 6.07 Å². The molecule has 1 nitrogen and oxygen atoms in total. The van der Waals surface area contributed by atoms with Crippen molar-refractivity contribution in [2.45, 2.75) is 33.7 Å². The third-order valence-electron chi connectivity index (χ3n) is 3.65. The molecule has 1 atom stereocenters. The minimum atomic E-state index is -0.238. The van der Waals surface area contributed by atoms with Gasteiger partial charge in [-0.05, 0) is 84.1 Å². The van der Waals surface area contributed by atoms with Gasteiger partial charge in [0.05, 0.1) is 0 Å². The molecule has 0 saturated carbocycles. The summed E-state index contributed by atoms with van der Waals surface area (Å²) >= 11 is 3.39. The first-order valence-electron chi connectivity index (χ1n) is 6.68. The van der Waals surface area contributed by atoms with Gasteiger partial charge in [-0.25, -0.2) is 4.39 Å². The lowest BCUT2D eigenvalue weighted by atomic mass is 9.96. The Balaban J connectivity index is 2.28. The van der Waals surface area contributed by atoms with Gasteiger partial charge < -0.3 is 5.32 Å². The molecular formula is C17H19BrFN. The molecule has 0 aromatic heterocycles. The largest absolute Gasteiger partial charge is 0.378 e. The van der Waals surface area contributed by atoms with Gasteiger partial charge in [-0.3, -0.25) is 0 Å². The summed E-state index contributed by atoms with van der Waals surface area (Å²) in [5.41, 5.74) is 6.03. The fourth-order valence-corrected chi connectivity index (χ4v) is 2.83. The molecule has 0 bridgehead atoms. The predicted octanol–water partition coefficient (Wildman–Crippen LogP) is 5.69. The molecule has 0 spiro atoms. The van der Waals surface area contributed by atoms with Crippen molar-refractivity contribution in [1.82, 2.24) is 0 Å². The fourth-order valence-electron chi connectivity index (χ4n) is 2.37. The molecule has 0 aliphatic carbocycles. The Kier molecular flexibility index (Phi) is 4.48. The molecule has 2 aromatic rings. The van der Waals surface area contributed by atoms with E-state index in [1.165, 1.54) is 34.4 Å². The van der Waals surface area contributed by atoms with Gasteiger partial charge in [0.15, 0.2) is 0 Å². The number of hydrogen-bond acceptors (Lipinski definition) is 1. The minimum absolute atomic E-state index is 0.163. The first kappa shape index (κ1) is 15.0. The lowest BCUT2D eigenvalue weighted by molar-refractivity contribution is 0.627. The second kappa shape index (κ2) is 5.96. The van der Waals surface area contributed by atoms with Gasteiger partial charge in [0.1, 0.15) is 5.82 Å². The van der Waals surface area contributed by atoms with Gasteiger partial charge in [0.25, 0.3) is 0 Å². The third-order valence-corrected chi connectivity index (χ3v) is 4.31. The molecular weight excluding hydrogens is 317 g/mol. The smallest absolute Gasteiger partial charge is 0.124 e. The van der Waals surface area contributed by atoms with E-state index in [-0.39, 0.29) is 11.9 Å². The highest BCUT2D eigenvalue weighted by atomic mass is 79.9. The van der Waals surface area contributed by atoms with Gasteiger partial charge >= 0.3 is 0 Å². The maximum Gasteiger partial charge on any atom is 0.124 e. The van der Waals surface area contributed by atoms with Crippen LogP contribution < -0.4 is 5.32 Å². The van der Waals surface area contributed by atoms with Crippen molar-refractivity contribution in [3.63, 3.8) is 0 Å². The maximum atomic E-state index is 13.1. The van der Waals surface area contributed by atoms with E-state index in [0.29, 0.717) is 0 Å². The molecule has 106 valence electrons. The van der Waals surface area contributed by atoms with E-state index in [9.17, 15) is 4.39 Å². The van der Waals surface area contributed by atoms with Crippen molar-refractivity contribution in [3.8, 4) is 0 Å². The van der Waals surface area contributed by atoms with Crippen LogP contribution in [0.15, 0.2) is 34.8 Å². The molecule has 2 aromatic carbocycles. The Hall–Kier alpha value is -1.35. The number of rotatable bonds is 3. The zero-order chi connectivity index (χ0) is 14.9. The molecule has 1 unspecified atom stereocenters. The van der Waals surface area contributed by atoms with Crippen LogP contribution in [0, 0.1) is 26.6 Å². The predicted molar refractivity (Wildman–Crippen MR) is 86.8 cm³/mol. The SMILES string of the molecule is Cc1cc(C)c(C(C)Nc2ccc(F)cc2Br)cc1C. The summed E-state index contributed by atoms with van der Waals surface area (Å²) in [5.74, 6) is -0.238. The van der Waals surface area contributed by atoms with Crippen LogP contribution in [-0.2, 0) is 0 Å². The summed E-state index contributed by atoms with van der Waals surface area (Å²) in [6, 6.07) is 9.29. The summed E-state index contributed by atoms with van der Waals surface area (Å²) in [5, 5.41) is 3.43. The molecule has 0 aliphatic rings. The molecule has 0 saturated heterocycles. The fraction of sp³-hybridized carbons (Fsp3) is 0.294. The molecule has 0 amide bonds.